The van der Waals surface area contributed by atoms with Gasteiger partial charge < -0.3 is 14.4 Å². The first-order chi connectivity index (χ1) is 13.0. The predicted molar refractivity (Wildman–Crippen MR) is 100.0 cm³/mol. The van der Waals surface area contributed by atoms with E-state index in [0.29, 0.717) is 24.8 Å². The monoisotopic (exact) mass is 371 g/mol. The van der Waals surface area contributed by atoms with Crippen molar-refractivity contribution in [3.05, 3.63) is 42.2 Å². The normalized spacial score (nSPS) is 16.0. The molecule has 0 radical (unpaired) electrons. The molecule has 1 saturated heterocycles. The lowest BCUT2D eigenvalue weighted by molar-refractivity contribution is -0.141. The predicted octanol–water partition coefficient (Wildman–Crippen LogP) is 2.68. The van der Waals surface area contributed by atoms with Gasteiger partial charge in [0, 0.05) is 13.1 Å². The summed E-state index contributed by atoms with van der Waals surface area (Å²) >= 11 is 0. The Balaban J connectivity index is 1.70. The highest BCUT2D eigenvalue weighted by molar-refractivity contribution is 5.93. The van der Waals surface area contributed by atoms with Gasteiger partial charge in [0.15, 0.2) is 11.9 Å². The number of para-hydroxylation sites is 1. The van der Waals surface area contributed by atoms with Crippen molar-refractivity contribution in [3.8, 4) is 11.4 Å². The van der Waals surface area contributed by atoms with Gasteiger partial charge in [0.1, 0.15) is 0 Å². The van der Waals surface area contributed by atoms with Crippen LogP contribution in [0.3, 0.4) is 0 Å². The van der Waals surface area contributed by atoms with Crippen LogP contribution >= 0.6 is 0 Å². The number of amides is 1. The zero-order valence-corrected chi connectivity index (χ0v) is 15.9. The van der Waals surface area contributed by atoms with E-state index in [-0.39, 0.29) is 11.6 Å². The summed E-state index contributed by atoms with van der Waals surface area (Å²) in [7, 11) is 1.46. The number of hydrogen-bond acceptors (Lipinski definition) is 5. The second-order valence-corrected chi connectivity index (χ2v) is 6.88. The quantitative estimate of drug-likeness (QED) is 0.756. The largest absolute Gasteiger partial charge is 0.493 e. The average Bonchev–Trinajstić information content (AvgIpc) is 3.13. The lowest BCUT2D eigenvalue weighted by Crippen LogP contribution is -2.44. The maximum Gasteiger partial charge on any atom is 0.363 e. The summed E-state index contributed by atoms with van der Waals surface area (Å²) in [6.45, 7) is 5.18. The van der Waals surface area contributed by atoms with Crippen LogP contribution < -0.4 is 4.74 Å². The summed E-state index contributed by atoms with van der Waals surface area (Å²) in [5.74, 6) is 0.0814. The van der Waals surface area contributed by atoms with Crippen LogP contribution in [0.25, 0.3) is 5.69 Å². The number of piperidine rings is 1. The number of benzene rings is 1. The summed E-state index contributed by atoms with van der Waals surface area (Å²) in [5.41, 5.74) is 0.842. The third-order valence-electron chi connectivity index (χ3n) is 4.84. The number of rotatable bonds is 5. The number of hydrogen-bond donors (Lipinski definition) is 0. The van der Waals surface area contributed by atoms with Crippen LogP contribution in [0.4, 0.5) is 0 Å². The molecule has 2 heterocycles. The second kappa shape index (κ2) is 8.24. The Labute approximate surface area is 158 Å². The van der Waals surface area contributed by atoms with Crippen molar-refractivity contribution in [3.63, 3.8) is 0 Å². The van der Waals surface area contributed by atoms with Gasteiger partial charge >= 0.3 is 5.97 Å². The van der Waals surface area contributed by atoms with E-state index in [1.165, 1.54) is 7.11 Å². The molecule has 144 valence electrons. The van der Waals surface area contributed by atoms with Crippen LogP contribution in [0.5, 0.6) is 5.75 Å². The number of ether oxygens (including phenoxy) is 2. The molecule has 1 aromatic carbocycles. The van der Waals surface area contributed by atoms with Crippen molar-refractivity contribution in [2.75, 3.05) is 20.2 Å². The highest BCUT2D eigenvalue weighted by Gasteiger charge is 2.29. The molecule has 2 aromatic rings. The molecule has 7 heteroatoms. The van der Waals surface area contributed by atoms with E-state index in [0.717, 1.165) is 18.5 Å². The zero-order valence-electron chi connectivity index (χ0n) is 15.9. The maximum atomic E-state index is 12.6. The molecular weight excluding hydrogens is 346 g/mol. The van der Waals surface area contributed by atoms with Crippen molar-refractivity contribution < 1.29 is 19.1 Å². The van der Waals surface area contributed by atoms with Gasteiger partial charge in [0.05, 0.1) is 19.0 Å². The summed E-state index contributed by atoms with van der Waals surface area (Å²) in [4.78, 5) is 26.9. The summed E-state index contributed by atoms with van der Waals surface area (Å²) < 4.78 is 12.2. The molecule has 27 heavy (non-hydrogen) atoms. The van der Waals surface area contributed by atoms with E-state index in [1.807, 2.05) is 30.3 Å². The fraction of sp³-hybridized carbons (Fsp3) is 0.450. The highest BCUT2D eigenvalue weighted by atomic mass is 16.6. The minimum Gasteiger partial charge on any atom is -0.493 e. The second-order valence-electron chi connectivity index (χ2n) is 6.88. The highest BCUT2D eigenvalue weighted by Crippen LogP contribution is 2.22. The van der Waals surface area contributed by atoms with E-state index in [9.17, 15) is 9.59 Å². The van der Waals surface area contributed by atoms with E-state index < -0.39 is 12.1 Å². The Morgan fingerprint density at radius 1 is 1.19 bits per heavy atom. The van der Waals surface area contributed by atoms with E-state index in [4.69, 9.17) is 9.47 Å². The fourth-order valence-electron chi connectivity index (χ4n) is 3.11. The smallest absolute Gasteiger partial charge is 0.363 e. The fourth-order valence-corrected chi connectivity index (χ4v) is 3.11. The number of nitrogens with zero attached hydrogens (tertiary/aromatic N) is 3. The van der Waals surface area contributed by atoms with Gasteiger partial charge in [-0.3, -0.25) is 4.79 Å². The topological polar surface area (TPSA) is 73.7 Å². The number of esters is 1. The van der Waals surface area contributed by atoms with Gasteiger partial charge in [-0.25, -0.2) is 9.48 Å². The molecular formula is C20H25N3O4. The molecule has 1 fully saturated rings. The average molecular weight is 371 g/mol. The molecule has 0 saturated carbocycles. The zero-order chi connectivity index (χ0) is 19.4. The van der Waals surface area contributed by atoms with Gasteiger partial charge in [-0.05, 0) is 37.8 Å². The summed E-state index contributed by atoms with van der Waals surface area (Å²) in [5, 5.41) is 4.28. The molecule has 1 amide bonds. The third-order valence-corrected chi connectivity index (χ3v) is 4.84. The Morgan fingerprint density at radius 2 is 1.85 bits per heavy atom. The van der Waals surface area contributed by atoms with Crippen molar-refractivity contribution >= 4 is 11.9 Å². The third kappa shape index (κ3) is 4.30. The SMILES string of the molecule is COc1cn(-c2ccccc2)nc1C(=O)O[C@@H](C)C(=O)N1CCC(C)CC1. The van der Waals surface area contributed by atoms with Crippen LogP contribution in [-0.2, 0) is 9.53 Å². The molecule has 1 aliphatic rings. The van der Waals surface area contributed by atoms with Crippen LogP contribution in [0.1, 0.15) is 37.2 Å². The Morgan fingerprint density at radius 3 is 2.48 bits per heavy atom. The van der Waals surface area contributed by atoms with Crippen molar-refractivity contribution in [2.24, 2.45) is 5.92 Å². The summed E-state index contributed by atoms with van der Waals surface area (Å²) in [6, 6.07) is 9.38. The van der Waals surface area contributed by atoms with E-state index >= 15 is 0 Å². The number of carbonyl (C=O) groups excluding carboxylic acids is 2. The van der Waals surface area contributed by atoms with Gasteiger partial charge in [-0.15, -0.1) is 0 Å². The standard InChI is InChI=1S/C20H25N3O4/c1-14-9-11-22(12-10-14)19(24)15(2)27-20(25)18-17(26-3)13-23(21-18)16-7-5-4-6-8-16/h4-8,13-15H,9-12H2,1-3H3/t15-/m0/s1. The first-order valence-corrected chi connectivity index (χ1v) is 9.18. The molecule has 1 atom stereocenters. The number of aromatic nitrogens is 2. The number of carbonyl (C=O) groups is 2. The van der Waals surface area contributed by atoms with Crippen LogP contribution in [0.2, 0.25) is 0 Å². The van der Waals surface area contributed by atoms with Gasteiger partial charge in [-0.2, -0.15) is 5.10 Å². The van der Waals surface area contributed by atoms with Crippen LogP contribution in [0.15, 0.2) is 36.5 Å². The van der Waals surface area contributed by atoms with Crippen molar-refractivity contribution in [1.29, 1.82) is 0 Å². The Hall–Kier alpha value is -2.83. The molecule has 0 unspecified atom stereocenters. The molecule has 0 aliphatic carbocycles. The summed E-state index contributed by atoms with van der Waals surface area (Å²) in [6.07, 6.45) is 2.70. The lowest BCUT2D eigenvalue weighted by atomic mass is 9.99. The Bertz CT molecular complexity index is 795. The minimum absolute atomic E-state index is 0.0493. The van der Waals surface area contributed by atoms with Crippen LogP contribution in [0, 0.1) is 5.92 Å². The molecule has 1 aromatic heterocycles. The van der Waals surface area contributed by atoms with E-state index in [1.54, 1.807) is 22.7 Å². The van der Waals surface area contributed by atoms with E-state index in [2.05, 4.69) is 12.0 Å². The van der Waals surface area contributed by atoms with Gasteiger partial charge in [0.2, 0.25) is 5.69 Å². The molecule has 0 spiro atoms. The molecule has 1 aliphatic heterocycles. The van der Waals surface area contributed by atoms with Crippen molar-refractivity contribution in [2.45, 2.75) is 32.8 Å². The maximum absolute atomic E-state index is 12.6. The van der Waals surface area contributed by atoms with Gasteiger partial charge in [0.25, 0.3) is 5.91 Å². The number of likely N-dealkylation sites (tertiary alicyclic amines) is 1. The van der Waals surface area contributed by atoms with Crippen molar-refractivity contribution in [1.82, 2.24) is 14.7 Å². The molecule has 0 bridgehead atoms. The molecule has 7 nitrogen and oxygen atoms in total. The number of methoxy groups -OCH3 is 1. The Kier molecular flexibility index (Phi) is 5.78. The lowest BCUT2D eigenvalue weighted by Gasteiger charge is -2.31. The molecule has 0 N–H and O–H groups in total. The minimum atomic E-state index is -0.863. The molecule has 3 rings (SSSR count). The van der Waals surface area contributed by atoms with Crippen LogP contribution in [-0.4, -0.2) is 52.9 Å². The van der Waals surface area contributed by atoms with Gasteiger partial charge in [-0.1, -0.05) is 25.1 Å². The first-order valence-electron chi connectivity index (χ1n) is 9.18. The first kappa shape index (κ1) is 18.9.